The molecule has 1 amide bonds. The van der Waals surface area contributed by atoms with Crippen molar-refractivity contribution in [3.63, 3.8) is 0 Å². The van der Waals surface area contributed by atoms with Gasteiger partial charge >= 0.3 is 5.97 Å². The van der Waals surface area contributed by atoms with Crippen molar-refractivity contribution < 1.29 is 19.4 Å². The molecule has 4 saturated carbocycles. The average Bonchev–Trinajstić information content (AvgIpc) is 2.75. The van der Waals surface area contributed by atoms with Gasteiger partial charge in [0.1, 0.15) is 0 Å². The summed E-state index contributed by atoms with van der Waals surface area (Å²) in [5.74, 6) is 0.458. The highest BCUT2D eigenvalue weighted by Crippen LogP contribution is 2.56. The normalized spacial score (nSPS) is 30.2. The molecule has 3 unspecified atom stereocenters. The third-order valence-electron chi connectivity index (χ3n) is 7.40. The van der Waals surface area contributed by atoms with E-state index in [9.17, 15) is 14.7 Å². The number of ether oxygens (including phenoxy) is 1. The molecule has 6 rings (SSSR count). The first-order valence-electron chi connectivity index (χ1n) is 11.1. The van der Waals surface area contributed by atoms with Crippen LogP contribution in [-0.2, 0) is 11.2 Å². The number of methoxy groups -OCH3 is 1. The molecule has 168 valence electrons. The molecule has 8 nitrogen and oxygen atoms in total. The molecule has 0 aliphatic heterocycles. The lowest BCUT2D eigenvalue weighted by molar-refractivity contribution is -0.129. The summed E-state index contributed by atoms with van der Waals surface area (Å²) in [5, 5.41) is 14.5. The Balaban J connectivity index is 1.37. The van der Waals surface area contributed by atoms with E-state index in [1.807, 2.05) is 6.07 Å². The molecule has 4 fully saturated rings. The number of primary amides is 1. The number of rotatable bonds is 6. The van der Waals surface area contributed by atoms with Crippen LogP contribution < -0.4 is 11.1 Å². The zero-order valence-electron chi connectivity index (χ0n) is 18.1. The maximum atomic E-state index is 12.1. The van der Waals surface area contributed by atoms with E-state index in [0.29, 0.717) is 41.0 Å². The maximum absolute atomic E-state index is 12.1. The van der Waals surface area contributed by atoms with Gasteiger partial charge in [0.05, 0.1) is 29.5 Å². The number of esters is 1. The summed E-state index contributed by atoms with van der Waals surface area (Å²) in [5.41, 5.74) is 8.07. The summed E-state index contributed by atoms with van der Waals surface area (Å²) in [7, 11) is 1.33. The predicted octanol–water partition coefficient (Wildman–Crippen LogP) is 2.30. The fraction of sp³-hybridized carbons (Fsp3) is 0.500. The molecule has 4 aliphatic rings. The van der Waals surface area contributed by atoms with E-state index in [0.717, 1.165) is 43.5 Å². The minimum Gasteiger partial charge on any atom is -0.465 e. The minimum absolute atomic E-state index is 0.220. The Morgan fingerprint density at radius 1 is 1.16 bits per heavy atom. The second-order valence-electron chi connectivity index (χ2n) is 9.66. The summed E-state index contributed by atoms with van der Waals surface area (Å²) in [6, 6.07) is 5.53. The molecule has 2 heterocycles. The van der Waals surface area contributed by atoms with Gasteiger partial charge < -0.3 is 20.9 Å². The molecule has 2 aromatic rings. The van der Waals surface area contributed by atoms with E-state index in [4.69, 9.17) is 10.5 Å². The van der Waals surface area contributed by atoms with Crippen LogP contribution in [0.4, 0.5) is 5.69 Å². The van der Waals surface area contributed by atoms with Crippen LogP contribution in [0.3, 0.4) is 0 Å². The Labute approximate surface area is 186 Å². The number of carbonyl (C=O) groups is 2. The van der Waals surface area contributed by atoms with Crippen LogP contribution in [0.15, 0.2) is 30.6 Å². The van der Waals surface area contributed by atoms with E-state index >= 15 is 0 Å². The number of amides is 1. The number of nitrogens with zero attached hydrogens (tertiary/aromatic N) is 2. The topological polar surface area (TPSA) is 127 Å². The Morgan fingerprint density at radius 2 is 1.88 bits per heavy atom. The molecule has 4 bridgehead atoms. The van der Waals surface area contributed by atoms with Gasteiger partial charge in [0.2, 0.25) is 0 Å². The molecule has 2 aromatic heterocycles. The van der Waals surface area contributed by atoms with Gasteiger partial charge in [-0.3, -0.25) is 14.8 Å². The van der Waals surface area contributed by atoms with Crippen molar-refractivity contribution in [3.05, 3.63) is 53.1 Å². The van der Waals surface area contributed by atoms with Crippen molar-refractivity contribution in [2.75, 3.05) is 12.4 Å². The van der Waals surface area contributed by atoms with Gasteiger partial charge in [-0.15, -0.1) is 0 Å². The summed E-state index contributed by atoms with van der Waals surface area (Å²) in [4.78, 5) is 32.4. The summed E-state index contributed by atoms with van der Waals surface area (Å²) in [6.45, 7) is 0. The van der Waals surface area contributed by atoms with Crippen LogP contribution in [0.1, 0.15) is 64.2 Å². The van der Waals surface area contributed by atoms with Crippen LogP contribution in [0.2, 0.25) is 0 Å². The molecule has 4 aliphatic carbocycles. The van der Waals surface area contributed by atoms with Gasteiger partial charge in [0.15, 0.2) is 0 Å². The predicted molar refractivity (Wildman–Crippen MR) is 117 cm³/mol. The van der Waals surface area contributed by atoms with E-state index in [1.165, 1.54) is 19.5 Å². The van der Waals surface area contributed by atoms with E-state index in [-0.39, 0.29) is 6.04 Å². The summed E-state index contributed by atoms with van der Waals surface area (Å²) >= 11 is 0. The first-order chi connectivity index (χ1) is 15.3. The first kappa shape index (κ1) is 20.9. The SMILES string of the molecule is COC(=O)c1ccc(Cc2cc(NC3[C@@H]4CC5C[C@H]3CC(O)(C5)C4)c(C(N)=O)cn2)nc1. The van der Waals surface area contributed by atoms with Gasteiger partial charge in [0.25, 0.3) is 5.91 Å². The lowest BCUT2D eigenvalue weighted by atomic mass is 9.52. The third-order valence-corrected chi connectivity index (χ3v) is 7.40. The molecule has 4 N–H and O–H groups in total. The number of carbonyl (C=O) groups excluding carboxylic acids is 2. The Hall–Kier alpha value is -3.00. The molecule has 0 radical (unpaired) electrons. The Bertz CT molecular complexity index is 1040. The quantitative estimate of drug-likeness (QED) is 0.593. The fourth-order valence-electron chi connectivity index (χ4n) is 6.26. The smallest absolute Gasteiger partial charge is 0.339 e. The number of nitrogens with one attached hydrogen (secondary N) is 1. The van der Waals surface area contributed by atoms with Crippen LogP contribution >= 0.6 is 0 Å². The molecule has 0 aromatic carbocycles. The molecule has 8 heteroatoms. The first-order valence-corrected chi connectivity index (χ1v) is 11.1. The van der Waals surface area contributed by atoms with Gasteiger partial charge in [-0.25, -0.2) is 4.79 Å². The number of aliphatic hydroxyl groups is 1. The lowest BCUT2D eigenvalue weighted by Crippen LogP contribution is -2.59. The number of pyridine rings is 2. The van der Waals surface area contributed by atoms with Crippen molar-refractivity contribution in [1.29, 1.82) is 0 Å². The number of hydrogen-bond donors (Lipinski definition) is 3. The van der Waals surface area contributed by atoms with Gasteiger partial charge in [-0.05, 0) is 68.1 Å². The second kappa shape index (κ2) is 7.85. The number of hydrogen-bond acceptors (Lipinski definition) is 7. The van der Waals surface area contributed by atoms with E-state index < -0.39 is 17.5 Å². The van der Waals surface area contributed by atoms with Crippen molar-refractivity contribution in [2.24, 2.45) is 23.5 Å². The Kier molecular flexibility index (Phi) is 5.12. The zero-order chi connectivity index (χ0) is 22.5. The summed E-state index contributed by atoms with van der Waals surface area (Å²) in [6.07, 6.45) is 8.27. The molecule has 32 heavy (non-hydrogen) atoms. The largest absolute Gasteiger partial charge is 0.465 e. The molecular weight excluding hydrogens is 408 g/mol. The highest BCUT2D eigenvalue weighted by Gasteiger charge is 2.54. The maximum Gasteiger partial charge on any atom is 0.339 e. The zero-order valence-corrected chi connectivity index (χ0v) is 18.1. The van der Waals surface area contributed by atoms with Gasteiger partial charge in [0, 0.05) is 36.2 Å². The molecule has 5 atom stereocenters. The standard InChI is InChI=1S/C24H28N4O4/c1-32-23(30)14-2-3-17(26-11-14)6-18-7-20(19(12-27-18)22(25)29)28-21-15-4-13-5-16(21)10-24(31,8-13)9-15/h2-3,7,11-13,15-16,21,31H,4-6,8-10H2,1H3,(H2,25,29)(H,27,28)/t13?,15-,16+,21?,24?. The summed E-state index contributed by atoms with van der Waals surface area (Å²) < 4.78 is 4.71. The average molecular weight is 437 g/mol. The number of anilines is 1. The van der Waals surface area contributed by atoms with E-state index in [2.05, 4.69) is 15.3 Å². The molecule has 0 spiro atoms. The van der Waals surface area contributed by atoms with Gasteiger partial charge in [-0.1, -0.05) is 0 Å². The van der Waals surface area contributed by atoms with Crippen LogP contribution in [0, 0.1) is 17.8 Å². The van der Waals surface area contributed by atoms with Crippen LogP contribution in [0.5, 0.6) is 0 Å². The number of nitrogens with two attached hydrogens (primary N) is 1. The highest BCUT2D eigenvalue weighted by molar-refractivity contribution is 5.98. The monoisotopic (exact) mass is 436 g/mol. The molecule has 0 saturated heterocycles. The van der Waals surface area contributed by atoms with Crippen molar-refractivity contribution in [1.82, 2.24) is 9.97 Å². The lowest BCUT2D eigenvalue weighted by Gasteiger charge is -2.58. The Morgan fingerprint density at radius 3 is 2.47 bits per heavy atom. The fourth-order valence-corrected chi connectivity index (χ4v) is 6.26. The molecular formula is C24H28N4O4. The van der Waals surface area contributed by atoms with Crippen molar-refractivity contribution in [2.45, 2.75) is 50.2 Å². The highest BCUT2D eigenvalue weighted by atomic mass is 16.5. The van der Waals surface area contributed by atoms with Crippen LogP contribution in [-0.4, -0.2) is 45.7 Å². The third kappa shape index (κ3) is 3.83. The van der Waals surface area contributed by atoms with E-state index in [1.54, 1.807) is 12.1 Å². The van der Waals surface area contributed by atoms with Crippen molar-refractivity contribution >= 4 is 17.6 Å². The van der Waals surface area contributed by atoms with Crippen LogP contribution in [0.25, 0.3) is 0 Å². The van der Waals surface area contributed by atoms with Crippen molar-refractivity contribution in [3.8, 4) is 0 Å². The van der Waals surface area contributed by atoms with Gasteiger partial charge in [-0.2, -0.15) is 0 Å². The second-order valence-corrected chi connectivity index (χ2v) is 9.66. The minimum atomic E-state index is -0.519. The number of aromatic nitrogens is 2.